The number of carbonyl (C=O) groups is 1. The molecule has 1 atom stereocenters. The van der Waals surface area contributed by atoms with Crippen LogP contribution in [0.4, 0.5) is 10.5 Å². The summed E-state index contributed by atoms with van der Waals surface area (Å²) < 4.78 is 0. The van der Waals surface area contributed by atoms with E-state index in [0.717, 1.165) is 61.2 Å². The van der Waals surface area contributed by atoms with E-state index in [9.17, 15) is 10.1 Å². The van der Waals surface area contributed by atoms with E-state index in [1.54, 1.807) is 6.20 Å². The Hall–Kier alpha value is -2.81. The lowest BCUT2D eigenvalue weighted by Gasteiger charge is -2.39. The molecule has 0 aliphatic carbocycles. The predicted octanol–water partition coefficient (Wildman–Crippen LogP) is 2.41. The van der Waals surface area contributed by atoms with E-state index in [1.165, 1.54) is 0 Å². The number of carbonyl (C=O) groups excluding carboxylic acids is 1. The molecule has 1 aromatic carbocycles. The van der Waals surface area contributed by atoms with Gasteiger partial charge in [-0.15, -0.1) is 0 Å². The predicted molar refractivity (Wildman–Crippen MR) is 96.5 cm³/mol. The number of hydrogen-bond acceptors (Lipinski definition) is 4. The van der Waals surface area contributed by atoms with Crippen molar-refractivity contribution >= 4 is 22.6 Å². The summed E-state index contributed by atoms with van der Waals surface area (Å²) in [5, 5.41) is 13.5. The third-order valence-electron chi connectivity index (χ3n) is 5.23. The van der Waals surface area contributed by atoms with E-state index in [4.69, 9.17) is 0 Å². The molecule has 3 heterocycles. The number of pyridine rings is 1. The summed E-state index contributed by atoms with van der Waals surface area (Å²) in [5.74, 6) is 0. The highest BCUT2D eigenvalue weighted by atomic mass is 16.2. The van der Waals surface area contributed by atoms with Gasteiger partial charge in [-0.2, -0.15) is 5.26 Å². The largest absolute Gasteiger partial charge is 0.368 e. The fourth-order valence-electron chi connectivity index (χ4n) is 4.03. The van der Waals surface area contributed by atoms with Crippen molar-refractivity contribution < 1.29 is 4.79 Å². The number of fused-ring (bicyclic) bond motifs is 1. The van der Waals surface area contributed by atoms with Crippen molar-refractivity contribution in [1.82, 2.24) is 15.2 Å². The maximum Gasteiger partial charge on any atom is 0.317 e. The molecule has 1 N–H and O–H groups in total. The number of rotatable bonds is 2. The summed E-state index contributed by atoms with van der Waals surface area (Å²) >= 11 is 0. The second-order valence-electron chi connectivity index (χ2n) is 6.77. The Balaban J connectivity index is 1.74. The second kappa shape index (κ2) is 6.25. The molecular formula is C19H21N5O. The number of nitrogens with zero attached hydrogens (tertiary/aromatic N) is 4. The molecule has 0 spiro atoms. The normalized spacial score (nSPS) is 20.6. The summed E-state index contributed by atoms with van der Waals surface area (Å²) in [6.07, 6.45) is 3.69. The monoisotopic (exact) mass is 335 g/mol. The molecule has 25 heavy (non-hydrogen) atoms. The molecule has 2 saturated heterocycles. The van der Waals surface area contributed by atoms with Crippen LogP contribution in [0.25, 0.3) is 10.9 Å². The molecule has 1 aromatic heterocycles. The summed E-state index contributed by atoms with van der Waals surface area (Å²) in [4.78, 5) is 20.7. The molecule has 0 saturated carbocycles. The summed E-state index contributed by atoms with van der Waals surface area (Å²) in [7, 11) is 0. The van der Waals surface area contributed by atoms with Gasteiger partial charge in [0.2, 0.25) is 0 Å². The van der Waals surface area contributed by atoms with Crippen LogP contribution < -0.4 is 10.2 Å². The van der Waals surface area contributed by atoms with Gasteiger partial charge in [-0.05, 0) is 25.3 Å². The van der Waals surface area contributed by atoms with Crippen LogP contribution in [0.15, 0.2) is 24.4 Å². The van der Waals surface area contributed by atoms with E-state index in [-0.39, 0.29) is 12.1 Å². The zero-order chi connectivity index (χ0) is 17.4. The highest BCUT2D eigenvalue weighted by Crippen LogP contribution is 2.33. The number of anilines is 1. The van der Waals surface area contributed by atoms with Crippen molar-refractivity contribution in [1.29, 1.82) is 5.26 Å². The second-order valence-corrected chi connectivity index (χ2v) is 6.77. The standard InChI is InChI=1S/C19H21N5O/c1-13-4-2-6-16-17(13)22-11-14(10-20)18(16)23-8-3-5-15(12-23)24-9-7-21-19(24)25/h2,4,6,11,15H,3,5,7-9,12H2,1H3,(H,21,25). The fraction of sp³-hybridized carbons (Fsp3) is 0.421. The molecule has 2 fully saturated rings. The van der Waals surface area contributed by atoms with Gasteiger partial charge >= 0.3 is 6.03 Å². The molecule has 2 amide bonds. The number of aromatic nitrogens is 1. The van der Waals surface area contributed by atoms with Crippen molar-refractivity contribution in [2.45, 2.75) is 25.8 Å². The number of piperidine rings is 1. The van der Waals surface area contributed by atoms with E-state index in [0.29, 0.717) is 5.56 Å². The first kappa shape index (κ1) is 15.7. The number of para-hydroxylation sites is 1. The maximum atomic E-state index is 12.0. The number of amides is 2. The molecule has 6 nitrogen and oxygen atoms in total. The highest BCUT2D eigenvalue weighted by Gasteiger charge is 2.32. The van der Waals surface area contributed by atoms with Crippen LogP contribution in [0, 0.1) is 18.3 Å². The van der Waals surface area contributed by atoms with Gasteiger partial charge < -0.3 is 15.1 Å². The molecule has 6 heteroatoms. The Morgan fingerprint density at radius 3 is 3.00 bits per heavy atom. The van der Waals surface area contributed by atoms with Crippen LogP contribution in [0.1, 0.15) is 24.0 Å². The Kier molecular flexibility index (Phi) is 3.92. The zero-order valence-electron chi connectivity index (χ0n) is 14.3. The van der Waals surface area contributed by atoms with Crippen molar-refractivity contribution in [3.05, 3.63) is 35.5 Å². The Labute approximate surface area is 147 Å². The number of nitriles is 1. The van der Waals surface area contributed by atoms with Crippen LogP contribution >= 0.6 is 0 Å². The lowest BCUT2D eigenvalue weighted by atomic mass is 10.00. The Morgan fingerprint density at radius 1 is 1.36 bits per heavy atom. The lowest BCUT2D eigenvalue weighted by Crippen LogP contribution is -2.49. The van der Waals surface area contributed by atoms with Gasteiger partial charge in [0.05, 0.1) is 22.8 Å². The van der Waals surface area contributed by atoms with Gasteiger partial charge in [0.25, 0.3) is 0 Å². The minimum absolute atomic E-state index is 0.0304. The Morgan fingerprint density at radius 2 is 2.24 bits per heavy atom. The van der Waals surface area contributed by atoms with E-state index < -0.39 is 0 Å². The molecule has 128 valence electrons. The first-order valence-electron chi connectivity index (χ1n) is 8.77. The minimum atomic E-state index is 0.0304. The lowest BCUT2D eigenvalue weighted by molar-refractivity contribution is 0.189. The first-order chi connectivity index (χ1) is 12.2. The van der Waals surface area contributed by atoms with Gasteiger partial charge in [-0.1, -0.05) is 18.2 Å². The smallest absolute Gasteiger partial charge is 0.317 e. The van der Waals surface area contributed by atoms with Crippen LogP contribution in [0.5, 0.6) is 0 Å². The van der Waals surface area contributed by atoms with Crippen molar-refractivity contribution in [2.24, 2.45) is 0 Å². The topological polar surface area (TPSA) is 72.3 Å². The number of hydrogen-bond donors (Lipinski definition) is 1. The molecule has 1 unspecified atom stereocenters. The maximum absolute atomic E-state index is 12.0. The van der Waals surface area contributed by atoms with Crippen molar-refractivity contribution in [2.75, 3.05) is 31.1 Å². The van der Waals surface area contributed by atoms with Crippen molar-refractivity contribution in [3.63, 3.8) is 0 Å². The zero-order valence-corrected chi connectivity index (χ0v) is 14.3. The average molecular weight is 335 g/mol. The van der Waals surface area contributed by atoms with Crippen LogP contribution in [0.2, 0.25) is 0 Å². The third-order valence-corrected chi connectivity index (χ3v) is 5.23. The summed E-state index contributed by atoms with van der Waals surface area (Å²) in [6, 6.07) is 8.61. The number of aryl methyl sites for hydroxylation is 1. The highest BCUT2D eigenvalue weighted by molar-refractivity contribution is 5.96. The van der Waals surface area contributed by atoms with E-state index in [2.05, 4.69) is 21.3 Å². The molecule has 2 aliphatic rings. The quantitative estimate of drug-likeness (QED) is 0.915. The van der Waals surface area contributed by atoms with Gasteiger partial charge in [0, 0.05) is 37.8 Å². The Bertz CT molecular complexity index is 872. The average Bonchev–Trinajstić information content (AvgIpc) is 3.07. The number of urea groups is 1. The molecular weight excluding hydrogens is 314 g/mol. The van der Waals surface area contributed by atoms with Crippen molar-refractivity contribution in [3.8, 4) is 6.07 Å². The first-order valence-corrected chi connectivity index (χ1v) is 8.77. The van der Waals surface area contributed by atoms with Gasteiger partial charge in [0.1, 0.15) is 6.07 Å². The van der Waals surface area contributed by atoms with Crippen LogP contribution in [0.3, 0.4) is 0 Å². The number of benzene rings is 1. The fourth-order valence-corrected chi connectivity index (χ4v) is 4.03. The van der Waals surface area contributed by atoms with Gasteiger partial charge in [-0.3, -0.25) is 4.98 Å². The molecule has 0 bridgehead atoms. The molecule has 0 radical (unpaired) electrons. The molecule has 2 aliphatic heterocycles. The molecule has 4 rings (SSSR count). The number of nitrogens with one attached hydrogen (secondary N) is 1. The minimum Gasteiger partial charge on any atom is -0.368 e. The third kappa shape index (κ3) is 2.66. The van der Waals surface area contributed by atoms with E-state index in [1.807, 2.05) is 30.0 Å². The molecule has 2 aromatic rings. The summed E-state index contributed by atoms with van der Waals surface area (Å²) in [5.41, 5.74) is 3.61. The van der Waals surface area contributed by atoms with E-state index >= 15 is 0 Å². The summed E-state index contributed by atoms with van der Waals surface area (Å²) in [6.45, 7) is 5.18. The van der Waals surface area contributed by atoms with Crippen LogP contribution in [-0.4, -0.2) is 48.1 Å². The van der Waals surface area contributed by atoms with Gasteiger partial charge in [0.15, 0.2) is 0 Å². The van der Waals surface area contributed by atoms with Crippen LogP contribution in [-0.2, 0) is 0 Å². The van der Waals surface area contributed by atoms with Gasteiger partial charge in [-0.25, -0.2) is 4.79 Å². The SMILES string of the molecule is Cc1cccc2c(N3CCCC(N4CCNC4=O)C3)c(C#N)cnc12.